The molecule has 2 rings (SSSR count). The number of hydrogen-bond donors (Lipinski definition) is 2. The number of carbonyl (C=O) groups is 1. The number of hydrogen-bond acceptors (Lipinski definition) is 3. The van der Waals surface area contributed by atoms with Crippen molar-refractivity contribution in [2.24, 2.45) is 18.7 Å². The van der Waals surface area contributed by atoms with Crippen molar-refractivity contribution in [1.82, 2.24) is 4.57 Å². The zero-order chi connectivity index (χ0) is 14.9. The van der Waals surface area contributed by atoms with Crippen molar-refractivity contribution in [3.8, 4) is 0 Å². The zero-order valence-corrected chi connectivity index (χ0v) is 12.4. The first kappa shape index (κ1) is 14.8. The third-order valence-electron chi connectivity index (χ3n) is 4.15. The van der Waals surface area contributed by atoms with Crippen LogP contribution in [-0.4, -0.2) is 16.0 Å². The van der Waals surface area contributed by atoms with Gasteiger partial charge in [-0.2, -0.15) is 0 Å². The number of nitrogens with zero attached hydrogens (tertiary/aromatic N) is 1. The van der Waals surface area contributed by atoms with Crippen molar-refractivity contribution in [3.63, 3.8) is 0 Å². The van der Waals surface area contributed by atoms with E-state index in [4.69, 9.17) is 5.73 Å². The number of pyridine rings is 1. The SMILES string of the molecule is Cc1cc(NC(=O)C2CCCCC2(C)N)c(=O)n(C)c1. The molecule has 1 heterocycles. The lowest BCUT2D eigenvalue weighted by atomic mass is 9.74. The molecule has 0 aliphatic heterocycles. The van der Waals surface area contributed by atoms with E-state index in [-0.39, 0.29) is 17.4 Å². The summed E-state index contributed by atoms with van der Waals surface area (Å²) in [5.41, 5.74) is 6.81. The highest BCUT2D eigenvalue weighted by atomic mass is 16.2. The second kappa shape index (κ2) is 5.40. The monoisotopic (exact) mass is 277 g/mol. The number of nitrogens with two attached hydrogens (primary N) is 1. The molecule has 20 heavy (non-hydrogen) atoms. The Bertz CT molecular complexity index is 575. The maximum Gasteiger partial charge on any atom is 0.274 e. The first-order valence-corrected chi connectivity index (χ1v) is 7.08. The van der Waals surface area contributed by atoms with Gasteiger partial charge in [0.25, 0.3) is 5.56 Å². The highest BCUT2D eigenvalue weighted by Crippen LogP contribution is 2.32. The summed E-state index contributed by atoms with van der Waals surface area (Å²) >= 11 is 0. The fraction of sp³-hybridized carbons (Fsp3) is 0.600. The largest absolute Gasteiger partial charge is 0.325 e. The third kappa shape index (κ3) is 2.93. The van der Waals surface area contributed by atoms with Gasteiger partial charge < -0.3 is 15.6 Å². The maximum absolute atomic E-state index is 12.4. The lowest BCUT2D eigenvalue weighted by molar-refractivity contribution is -0.122. The first-order valence-electron chi connectivity index (χ1n) is 7.08. The molecule has 1 fully saturated rings. The lowest BCUT2D eigenvalue weighted by Gasteiger charge is -2.37. The molecule has 2 atom stereocenters. The van der Waals surface area contributed by atoms with Gasteiger partial charge in [0.2, 0.25) is 5.91 Å². The van der Waals surface area contributed by atoms with E-state index >= 15 is 0 Å². The maximum atomic E-state index is 12.4. The molecule has 0 aromatic carbocycles. The molecule has 1 aliphatic rings. The highest BCUT2D eigenvalue weighted by Gasteiger charge is 2.37. The van der Waals surface area contributed by atoms with Gasteiger partial charge in [-0.3, -0.25) is 9.59 Å². The van der Waals surface area contributed by atoms with Crippen LogP contribution in [0.2, 0.25) is 0 Å². The molecule has 110 valence electrons. The first-order chi connectivity index (χ1) is 9.31. The Labute approximate surface area is 119 Å². The minimum absolute atomic E-state index is 0.141. The van der Waals surface area contributed by atoms with Crippen LogP contribution >= 0.6 is 0 Å². The summed E-state index contributed by atoms with van der Waals surface area (Å²) in [4.78, 5) is 24.4. The van der Waals surface area contributed by atoms with Crippen LogP contribution in [0.3, 0.4) is 0 Å². The van der Waals surface area contributed by atoms with Crippen LogP contribution in [0.4, 0.5) is 5.69 Å². The molecule has 1 aliphatic carbocycles. The van der Waals surface area contributed by atoms with Crippen LogP contribution in [0.1, 0.15) is 38.2 Å². The van der Waals surface area contributed by atoms with Crippen LogP contribution < -0.4 is 16.6 Å². The van der Waals surface area contributed by atoms with Crippen LogP contribution in [0.25, 0.3) is 0 Å². The molecule has 0 saturated heterocycles. The van der Waals surface area contributed by atoms with Gasteiger partial charge in [0, 0.05) is 18.8 Å². The summed E-state index contributed by atoms with van der Waals surface area (Å²) < 4.78 is 1.48. The summed E-state index contributed by atoms with van der Waals surface area (Å²) in [7, 11) is 1.68. The quantitative estimate of drug-likeness (QED) is 0.861. The molecule has 0 spiro atoms. The Morgan fingerprint density at radius 2 is 2.20 bits per heavy atom. The highest BCUT2D eigenvalue weighted by molar-refractivity contribution is 5.93. The predicted molar refractivity (Wildman–Crippen MR) is 79.6 cm³/mol. The Morgan fingerprint density at radius 1 is 1.50 bits per heavy atom. The Balaban J connectivity index is 2.22. The van der Waals surface area contributed by atoms with Gasteiger partial charge in [-0.25, -0.2) is 0 Å². The smallest absolute Gasteiger partial charge is 0.274 e. The summed E-state index contributed by atoms with van der Waals surface area (Å²) in [5.74, 6) is -0.376. The molecule has 1 amide bonds. The molecule has 5 heteroatoms. The number of nitrogens with one attached hydrogen (secondary N) is 1. The number of aryl methyl sites for hydroxylation is 2. The van der Waals surface area contributed by atoms with E-state index in [0.717, 1.165) is 31.2 Å². The van der Waals surface area contributed by atoms with Gasteiger partial charge in [0.15, 0.2) is 0 Å². The van der Waals surface area contributed by atoms with Crippen LogP contribution in [0.5, 0.6) is 0 Å². The average molecular weight is 277 g/mol. The molecule has 5 nitrogen and oxygen atoms in total. The summed E-state index contributed by atoms with van der Waals surface area (Å²) in [6.45, 7) is 3.81. The van der Waals surface area contributed by atoms with E-state index in [1.54, 1.807) is 19.3 Å². The van der Waals surface area contributed by atoms with E-state index in [0.29, 0.717) is 5.69 Å². The number of rotatable bonds is 2. The van der Waals surface area contributed by atoms with E-state index in [1.165, 1.54) is 4.57 Å². The molecular weight excluding hydrogens is 254 g/mol. The normalized spacial score (nSPS) is 26.3. The van der Waals surface area contributed by atoms with Gasteiger partial charge in [-0.1, -0.05) is 12.8 Å². The summed E-state index contributed by atoms with van der Waals surface area (Å²) in [5, 5.41) is 2.76. The standard InChI is InChI=1S/C15H23N3O2/c1-10-8-12(14(20)18(3)9-10)17-13(19)11-6-4-5-7-15(11,2)16/h8-9,11H,4-7,16H2,1-3H3,(H,17,19). The topological polar surface area (TPSA) is 77.1 Å². The minimum Gasteiger partial charge on any atom is -0.325 e. The molecule has 1 saturated carbocycles. The number of carbonyl (C=O) groups excluding carboxylic acids is 1. The van der Waals surface area contributed by atoms with Gasteiger partial charge in [-0.15, -0.1) is 0 Å². The van der Waals surface area contributed by atoms with Gasteiger partial charge in [-0.05, 0) is 38.3 Å². The molecule has 1 aromatic rings. The van der Waals surface area contributed by atoms with Crippen molar-refractivity contribution in [2.45, 2.75) is 45.1 Å². The van der Waals surface area contributed by atoms with Gasteiger partial charge in [0.1, 0.15) is 5.69 Å². The fourth-order valence-corrected chi connectivity index (χ4v) is 2.98. The summed E-state index contributed by atoms with van der Waals surface area (Å²) in [6, 6.07) is 1.71. The number of amides is 1. The Morgan fingerprint density at radius 3 is 2.85 bits per heavy atom. The van der Waals surface area contributed by atoms with Crippen molar-refractivity contribution < 1.29 is 4.79 Å². The predicted octanol–water partition coefficient (Wildman–Crippen LogP) is 1.54. The fourth-order valence-electron chi connectivity index (χ4n) is 2.98. The molecule has 2 unspecified atom stereocenters. The van der Waals surface area contributed by atoms with Gasteiger partial charge in [0.05, 0.1) is 5.92 Å². The molecular formula is C15H23N3O2. The van der Waals surface area contributed by atoms with Crippen LogP contribution in [0, 0.1) is 12.8 Å². The second-order valence-corrected chi connectivity index (χ2v) is 6.14. The summed E-state index contributed by atoms with van der Waals surface area (Å²) in [6.07, 6.45) is 5.44. The zero-order valence-electron chi connectivity index (χ0n) is 12.4. The van der Waals surface area contributed by atoms with Crippen molar-refractivity contribution in [3.05, 3.63) is 28.2 Å². The average Bonchev–Trinajstić information content (AvgIpc) is 2.34. The van der Waals surface area contributed by atoms with E-state index < -0.39 is 5.54 Å². The Kier molecular flexibility index (Phi) is 3.99. The van der Waals surface area contributed by atoms with Crippen molar-refractivity contribution in [2.75, 3.05) is 5.32 Å². The molecule has 3 N–H and O–H groups in total. The molecule has 1 aromatic heterocycles. The van der Waals surface area contributed by atoms with Crippen molar-refractivity contribution >= 4 is 11.6 Å². The molecule has 0 bridgehead atoms. The van der Waals surface area contributed by atoms with Crippen LogP contribution in [-0.2, 0) is 11.8 Å². The number of aromatic nitrogens is 1. The lowest BCUT2D eigenvalue weighted by Crippen LogP contribution is -2.51. The van der Waals surface area contributed by atoms with Crippen molar-refractivity contribution in [1.29, 1.82) is 0 Å². The third-order valence-corrected chi connectivity index (χ3v) is 4.15. The van der Waals surface area contributed by atoms with Crippen LogP contribution in [0.15, 0.2) is 17.1 Å². The second-order valence-electron chi connectivity index (χ2n) is 6.14. The van der Waals surface area contributed by atoms with E-state index in [1.807, 2.05) is 13.8 Å². The van der Waals surface area contributed by atoms with E-state index in [2.05, 4.69) is 5.32 Å². The molecule has 0 radical (unpaired) electrons. The minimum atomic E-state index is -0.489. The van der Waals surface area contributed by atoms with E-state index in [9.17, 15) is 9.59 Å². The number of anilines is 1. The Hall–Kier alpha value is -1.62. The van der Waals surface area contributed by atoms with Gasteiger partial charge >= 0.3 is 0 Å².